The van der Waals surface area contributed by atoms with E-state index >= 15 is 0 Å². The van der Waals surface area contributed by atoms with Crippen LogP contribution in [-0.4, -0.2) is 14.5 Å². The van der Waals surface area contributed by atoms with Crippen LogP contribution in [0, 0.1) is 0 Å². The first-order valence-corrected chi connectivity index (χ1v) is 4.65. The molecule has 0 unspecified atom stereocenters. The van der Waals surface area contributed by atoms with E-state index in [4.69, 9.17) is 5.73 Å². The molecule has 0 aliphatic rings. The second kappa shape index (κ2) is 4.01. The molecule has 2 aromatic rings. The molecular formula is C10H10N4O2. The molecule has 2 heterocycles. The number of H-pyrrole nitrogens is 1. The van der Waals surface area contributed by atoms with Crippen LogP contribution in [0.4, 0.5) is 5.82 Å². The molecule has 0 fully saturated rings. The Labute approximate surface area is 90.4 Å². The van der Waals surface area contributed by atoms with Gasteiger partial charge in [-0.1, -0.05) is 6.07 Å². The van der Waals surface area contributed by atoms with Crippen LogP contribution in [0.25, 0.3) is 0 Å². The molecule has 6 nitrogen and oxygen atoms in total. The topological polar surface area (TPSA) is 93.8 Å². The van der Waals surface area contributed by atoms with Gasteiger partial charge in [0.2, 0.25) is 0 Å². The lowest BCUT2D eigenvalue weighted by Gasteiger charge is -2.03. The fourth-order valence-corrected chi connectivity index (χ4v) is 1.36. The summed E-state index contributed by atoms with van der Waals surface area (Å²) in [7, 11) is 0. The van der Waals surface area contributed by atoms with Gasteiger partial charge in [0.05, 0.1) is 6.54 Å². The first-order valence-electron chi connectivity index (χ1n) is 4.65. The van der Waals surface area contributed by atoms with Crippen molar-refractivity contribution in [3.63, 3.8) is 0 Å². The number of hydrogen-bond acceptors (Lipinski definition) is 4. The molecule has 0 aliphatic heterocycles. The van der Waals surface area contributed by atoms with Gasteiger partial charge in [0.15, 0.2) is 0 Å². The van der Waals surface area contributed by atoms with Crippen LogP contribution in [-0.2, 0) is 6.54 Å². The second-order valence-corrected chi connectivity index (χ2v) is 3.32. The average Bonchev–Trinajstić information content (AvgIpc) is 2.25. The highest BCUT2D eigenvalue weighted by molar-refractivity contribution is 5.24. The number of aromatic nitrogens is 3. The first kappa shape index (κ1) is 10.2. The lowest BCUT2D eigenvalue weighted by Crippen LogP contribution is -2.35. The molecule has 6 heteroatoms. The number of nitrogens with zero attached hydrogens (tertiary/aromatic N) is 2. The van der Waals surface area contributed by atoms with E-state index in [1.165, 1.54) is 6.07 Å². The molecule has 16 heavy (non-hydrogen) atoms. The zero-order valence-corrected chi connectivity index (χ0v) is 8.38. The fourth-order valence-electron chi connectivity index (χ4n) is 1.36. The van der Waals surface area contributed by atoms with Crippen molar-refractivity contribution in [3.8, 4) is 0 Å². The molecule has 0 saturated carbocycles. The standard InChI is InChI=1S/C10H10N4O2/c11-8-4-9(15)14(10(16)13-8)6-7-2-1-3-12-5-7/h1-5H,6,11H2,(H,13,16). The SMILES string of the molecule is Nc1cc(=O)n(Cc2cccnc2)c(=O)[nH]1. The van der Waals surface area contributed by atoms with Gasteiger partial charge in [0, 0.05) is 18.5 Å². The maximum absolute atomic E-state index is 11.5. The first-order chi connectivity index (χ1) is 7.66. The van der Waals surface area contributed by atoms with E-state index in [2.05, 4.69) is 9.97 Å². The molecule has 3 N–H and O–H groups in total. The van der Waals surface area contributed by atoms with Gasteiger partial charge in [-0.15, -0.1) is 0 Å². The summed E-state index contributed by atoms with van der Waals surface area (Å²) < 4.78 is 1.06. The number of anilines is 1. The highest BCUT2D eigenvalue weighted by Gasteiger charge is 2.03. The number of hydrogen-bond donors (Lipinski definition) is 2. The smallest absolute Gasteiger partial charge is 0.330 e. The van der Waals surface area contributed by atoms with E-state index in [-0.39, 0.29) is 12.4 Å². The maximum atomic E-state index is 11.5. The van der Waals surface area contributed by atoms with E-state index in [1.807, 2.05) is 0 Å². The highest BCUT2D eigenvalue weighted by Crippen LogP contribution is 1.96. The molecule has 2 rings (SSSR count). The molecule has 0 aliphatic carbocycles. The van der Waals surface area contributed by atoms with Crippen LogP contribution >= 0.6 is 0 Å². The highest BCUT2D eigenvalue weighted by atomic mass is 16.2. The fraction of sp³-hybridized carbons (Fsp3) is 0.100. The molecule has 0 amide bonds. The van der Waals surface area contributed by atoms with E-state index in [1.54, 1.807) is 24.5 Å². The van der Waals surface area contributed by atoms with Gasteiger partial charge in [-0.3, -0.25) is 19.3 Å². The van der Waals surface area contributed by atoms with Crippen LogP contribution in [0.15, 0.2) is 40.2 Å². The molecule has 0 spiro atoms. The number of nitrogen functional groups attached to an aromatic ring is 1. The molecule has 0 saturated heterocycles. The van der Waals surface area contributed by atoms with Crippen molar-refractivity contribution in [1.82, 2.24) is 14.5 Å². The quantitative estimate of drug-likeness (QED) is 0.714. The van der Waals surface area contributed by atoms with E-state index in [9.17, 15) is 9.59 Å². The molecular weight excluding hydrogens is 208 g/mol. The molecule has 0 radical (unpaired) electrons. The Morgan fingerprint density at radius 1 is 1.44 bits per heavy atom. The minimum absolute atomic E-state index is 0.0671. The Balaban J connectivity index is 2.44. The third-order valence-corrected chi connectivity index (χ3v) is 2.10. The van der Waals surface area contributed by atoms with Crippen LogP contribution in [0.1, 0.15) is 5.56 Å². The summed E-state index contributed by atoms with van der Waals surface area (Å²) in [5.41, 5.74) is 5.17. The summed E-state index contributed by atoms with van der Waals surface area (Å²) >= 11 is 0. The van der Waals surface area contributed by atoms with E-state index in [0.29, 0.717) is 0 Å². The van der Waals surface area contributed by atoms with Crippen LogP contribution < -0.4 is 17.0 Å². The lowest BCUT2D eigenvalue weighted by atomic mass is 10.3. The van der Waals surface area contributed by atoms with Gasteiger partial charge < -0.3 is 5.73 Å². The minimum Gasteiger partial charge on any atom is -0.385 e. The van der Waals surface area contributed by atoms with Crippen molar-refractivity contribution < 1.29 is 0 Å². The lowest BCUT2D eigenvalue weighted by molar-refractivity contribution is 0.699. The predicted octanol–water partition coefficient (Wildman–Crippen LogP) is -0.438. The third-order valence-electron chi connectivity index (χ3n) is 2.10. The van der Waals surface area contributed by atoms with Crippen molar-refractivity contribution in [3.05, 3.63) is 57.0 Å². The summed E-state index contributed by atoms with van der Waals surface area (Å²) in [4.78, 5) is 29.3. The van der Waals surface area contributed by atoms with E-state index < -0.39 is 11.2 Å². The number of nitrogens with two attached hydrogens (primary N) is 1. The number of aromatic amines is 1. The minimum atomic E-state index is -0.520. The molecule has 0 atom stereocenters. The second-order valence-electron chi connectivity index (χ2n) is 3.32. The van der Waals surface area contributed by atoms with Crippen LogP contribution in [0.5, 0.6) is 0 Å². The zero-order chi connectivity index (χ0) is 11.5. The summed E-state index contributed by atoms with van der Waals surface area (Å²) in [5.74, 6) is 0.0671. The van der Waals surface area contributed by atoms with Gasteiger partial charge >= 0.3 is 5.69 Å². The van der Waals surface area contributed by atoms with Crippen molar-refractivity contribution in [2.75, 3.05) is 5.73 Å². The molecule has 0 bridgehead atoms. The molecule has 82 valence electrons. The van der Waals surface area contributed by atoms with Crippen LogP contribution in [0.2, 0.25) is 0 Å². The molecule has 2 aromatic heterocycles. The Hall–Kier alpha value is -2.37. The van der Waals surface area contributed by atoms with E-state index in [0.717, 1.165) is 10.1 Å². The maximum Gasteiger partial charge on any atom is 0.330 e. The van der Waals surface area contributed by atoms with Gasteiger partial charge in [-0.2, -0.15) is 0 Å². The monoisotopic (exact) mass is 218 g/mol. The Kier molecular flexibility index (Phi) is 2.55. The number of nitrogens with one attached hydrogen (secondary N) is 1. The average molecular weight is 218 g/mol. The Morgan fingerprint density at radius 2 is 2.25 bits per heavy atom. The van der Waals surface area contributed by atoms with Crippen molar-refractivity contribution in [2.24, 2.45) is 0 Å². The van der Waals surface area contributed by atoms with Gasteiger partial charge in [0.25, 0.3) is 5.56 Å². The largest absolute Gasteiger partial charge is 0.385 e. The normalized spacial score (nSPS) is 10.2. The summed E-state index contributed by atoms with van der Waals surface area (Å²) in [6.07, 6.45) is 3.22. The number of pyridine rings is 1. The summed E-state index contributed by atoms with van der Waals surface area (Å²) in [6.45, 7) is 0.183. The summed E-state index contributed by atoms with van der Waals surface area (Å²) in [5, 5.41) is 0. The molecule has 0 aromatic carbocycles. The predicted molar refractivity (Wildman–Crippen MR) is 59.1 cm³/mol. The zero-order valence-electron chi connectivity index (χ0n) is 8.38. The van der Waals surface area contributed by atoms with Gasteiger partial charge in [0.1, 0.15) is 5.82 Å². The third kappa shape index (κ3) is 2.00. The number of rotatable bonds is 2. The van der Waals surface area contributed by atoms with Crippen molar-refractivity contribution in [2.45, 2.75) is 6.54 Å². The van der Waals surface area contributed by atoms with Gasteiger partial charge in [-0.05, 0) is 11.6 Å². The Morgan fingerprint density at radius 3 is 2.88 bits per heavy atom. The van der Waals surface area contributed by atoms with Gasteiger partial charge in [-0.25, -0.2) is 4.79 Å². The Bertz CT molecular complexity index is 569. The van der Waals surface area contributed by atoms with Crippen molar-refractivity contribution >= 4 is 5.82 Å². The van der Waals surface area contributed by atoms with Crippen LogP contribution in [0.3, 0.4) is 0 Å². The summed E-state index contributed by atoms with van der Waals surface area (Å²) in [6, 6.07) is 4.71. The van der Waals surface area contributed by atoms with Crippen molar-refractivity contribution in [1.29, 1.82) is 0 Å².